The summed E-state index contributed by atoms with van der Waals surface area (Å²) >= 11 is 0. The fraction of sp³-hybridized carbons (Fsp3) is 0.167. The number of aliphatic imine (C=N–C) groups is 2. The lowest BCUT2D eigenvalue weighted by Gasteiger charge is -2.10. The van der Waals surface area contributed by atoms with Crippen LogP contribution in [0.4, 0.5) is 4.39 Å². The van der Waals surface area contributed by atoms with E-state index < -0.39 is 0 Å². The second-order valence-corrected chi connectivity index (χ2v) is 6.70. The van der Waals surface area contributed by atoms with Gasteiger partial charge in [0.25, 0.3) is 0 Å². The van der Waals surface area contributed by atoms with Crippen LogP contribution in [0.5, 0.6) is 0 Å². The highest BCUT2D eigenvalue weighted by Crippen LogP contribution is 2.23. The summed E-state index contributed by atoms with van der Waals surface area (Å²) in [6, 6.07) is 13.0. The monoisotopic (exact) mass is 386 g/mol. The van der Waals surface area contributed by atoms with E-state index in [1.54, 1.807) is 25.4 Å². The molecule has 3 rings (SSSR count). The molecule has 0 amide bonds. The van der Waals surface area contributed by atoms with Gasteiger partial charge in [-0.05, 0) is 62.4 Å². The molecular formula is C24H23FN4. The summed E-state index contributed by atoms with van der Waals surface area (Å²) in [6.07, 6.45) is 5.88. The number of hydrogen-bond acceptors (Lipinski definition) is 3. The summed E-state index contributed by atoms with van der Waals surface area (Å²) in [4.78, 5) is 17.4. The van der Waals surface area contributed by atoms with E-state index in [4.69, 9.17) is 0 Å². The van der Waals surface area contributed by atoms with Gasteiger partial charge in [0.1, 0.15) is 5.82 Å². The van der Waals surface area contributed by atoms with Crippen LogP contribution in [-0.2, 0) is 6.42 Å². The van der Waals surface area contributed by atoms with Crippen LogP contribution in [0.25, 0.3) is 11.4 Å². The Labute approximate surface area is 170 Å². The number of aromatic nitrogens is 2. The molecule has 0 aliphatic carbocycles. The number of hydrogen-bond donors (Lipinski definition) is 0. The molecule has 1 aromatic heterocycles. The first-order valence-corrected chi connectivity index (χ1v) is 9.36. The maximum absolute atomic E-state index is 13.9. The number of benzene rings is 2. The molecule has 0 saturated carbocycles. The number of aryl methyl sites for hydroxylation is 1. The number of rotatable bonds is 5. The van der Waals surface area contributed by atoms with Crippen molar-refractivity contribution in [2.45, 2.75) is 27.2 Å². The Balaban J connectivity index is 1.94. The highest BCUT2D eigenvalue weighted by atomic mass is 19.1. The van der Waals surface area contributed by atoms with Crippen LogP contribution in [-0.4, -0.2) is 22.5 Å². The highest BCUT2D eigenvalue weighted by molar-refractivity contribution is 6.03. The first kappa shape index (κ1) is 20.3. The van der Waals surface area contributed by atoms with Crippen LogP contribution in [0, 0.1) is 19.7 Å². The van der Waals surface area contributed by atoms with Crippen molar-refractivity contribution in [2.24, 2.45) is 9.98 Å². The highest BCUT2D eigenvalue weighted by Gasteiger charge is 2.11. The van der Waals surface area contributed by atoms with Crippen LogP contribution in [0.3, 0.4) is 0 Å². The van der Waals surface area contributed by atoms with E-state index in [0.29, 0.717) is 29.2 Å². The minimum Gasteiger partial charge on any atom is -0.245 e. The summed E-state index contributed by atoms with van der Waals surface area (Å²) in [6.45, 7) is 9.30. The minimum atomic E-state index is -0.260. The Morgan fingerprint density at radius 3 is 2.76 bits per heavy atom. The molecule has 146 valence electrons. The molecule has 29 heavy (non-hydrogen) atoms. The van der Waals surface area contributed by atoms with Crippen molar-refractivity contribution in [1.82, 2.24) is 9.97 Å². The fourth-order valence-corrected chi connectivity index (χ4v) is 3.04. The molecule has 0 spiro atoms. The molecule has 4 nitrogen and oxygen atoms in total. The van der Waals surface area contributed by atoms with Gasteiger partial charge in [0.15, 0.2) is 11.7 Å². The van der Waals surface area contributed by atoms with Gasteiger partial charge in [-0.2, -0.15) is 0 Å². The topological polar surface area (TPSA) is 50.5 Å². The van der Waals surface area contributed by atoms with Gasteiger partial charge in [0.2, 0.25) is 0 Å². The van der Waals surface area contributed by atoms with Crippen molar-refractivity contribution in [3.8, 4) is 11.4 Å². The van der Waals surface area contributed by atoms with Gasteiger partial charge >= 0.3 is 0 Å². The molecule has 0 aliphatic rings. The van der Waals surface area contributed by atoms with E-state index in [0.717, 1.165) is 22.4 Å². The van der Waals surface area contributed by atoms with E-state index in [1.807, 2.05) is 38.1 Å². The zero-order valence-corrected chi connectivity index (χ0v) is 16.9. The van der Waals surface area contributed by atoms with Gasteiger partial charge in [-0.3, -0.25) is 0 Å². The van der Waals surface area contributed by atoms with Crippen LogP contribution < -0.4 is 0 Å². The zero-order valence-electron chi connectivity index (χ0n) is 16.9. The average Bonchev–Trinajstić information content (AvgIpc) is 2.73. The molecule has 2 aromatic carbocycles. The SMILES string of the molecule is C=NC(=N/C=C\C)c1cc(Cc2ccnc(-c3cccc(F)c3C)n2)ccc1C. The van der Waals surface area contributed by atoms with Crippen LogP contribution in [0.15, 0.2) is 70.9 Å². The van der Waals surface area contributed by atoms with Gasteiger partial charge in [-0.25, -0.2) is 24.3 Å². The number of amidine groups is 1. The Kier molecular flexibility index (Phi) is 6.39. The molecule has 1 heterocycles. The molecule has 5 heteroatoms. The smallest absolute Gasteiger partial charge is 0.159 e. The zero-order chi connectivity index (χ0) is 20.8. The number of nitrogens with zero attached hydrogens (tertiary/aromatic N) is 4. The van der Waals surface area contributed by atoms with E-state index >= 15 is 0 Å². The Morgan fingerprint density at radius 1 is 1.17 bits per heavy atom. The summed E-state index contributed by atoms with van der Waals surface area (Å²) in [5.74, 6) is 0.848. The van der Waals surface area contributed by atoms with Crippen molar-refractivity contribution in [1.29, 1.82) is 0 Å². The van der Waals surface area contributed by atoms with Crippen molar-refractivity contribution in [3.63, 3.8) is 0 Å². The third-order valence-corrected chi connectivity index (χ3v) is 4.65. The van der Waals surface area contributed by atoms with Crippen LogP contribution in [0.2, 0.25) is 0 Å². The van der Waals surface area contributed by atoms with E-state index in [1.165, 1.54) is 6.07 Å². The van der Waals surface area contributed by atoms with Gasteiger partial charge < -0.3 is 0 Å². The molecular weight excluding hydrogens is 363 g/mol. The van der Waals surface area contributed by atoms with Crippen molar-refractivity contribution in [2.75, 3.05) is 0 Å². The summed E-state index contributed by atoms with van der Waals surface area (Å²) in [5, 5.41) is 0. The molecule has 0 radical (unpaired) electrons. The summed E-state index contributed by atoms with van der Waals surface area (Å²) in [5.41, 5.74) is 5.18. The normalized spacial score (nSPS) is 11.8. The average molecular weight is 386 g/mol. The molecule has 0 atom stereocenters. The third-order valence-electron chi connectivity index (χ3n) is 4.65. The second-order valence-electron chi connectivity index (χ2n) is 6.70. The molecule has 0 N–H and O–H groups in total. The van der Waals surface area contributed by atoms with E-state index in [2.05, 4.69) is 38.8 Å². The Hall–Kier alpha value is -3.47. The quantitative estimate of drug-likeness (QED) is 0.431. The lowest BCUT2D eigenvalue weighted by Crippen LogP contribution is -2.03. The van der Waals surface area contributed by atoms with E-state index in [9.17, 15) is 4.39 Å². The third kappa shape index (κ3) is 4.69. The van der Waals surface area contributed by atoms with Crippen molar-refractivity contribution < 1.29 is 4.39 Å². The first-order valence-electron chi connectivity index (χ1n) is 9.36. The van der Waals surface area contributed by atoms with Crippen molar-refractivity contribution >= 4 is 12.6 Å². The van der Waals surface area contributed by atoms with E-state index in [-0.39, 0.29) is 5.82 Å². The lowest BCUT2D eigenvalue weighted by atomic mass is 10.0. The van der Waals surface area contributed by atoms with Crippen molar-refractivity contribution in [3.05, 3.63) is 94.7 Å². The van der Waals surface area contributed by atoms with Gasteiger partial charge in [-0.15, -0.1) is 0 Å². The molecule has 0 fully saturated rings. The van der Waals surface area contributed by atoms with Gasteiger partial charge in [0.05, 0.1) is 0 Å². The largest absolute Gasteiger partial charge is 0.245 e. The molecule has 3 aromatic rings. The van der Waals surface area contributed by atoms with Gasteiger partial charge in [0, 0.05) is 35.6 Å². The lowest BCUT2D eigenvalue weighted by molar-refractivity contribution is 0.619. The van der Waals surface area contributed by atoms with Gasteiger partial charge in [-0.1, -0.05) is 30.3 Å². The van der Waals surface area contributed by atoms with Crippen LogP contribution >= 0.6 is 0 Å². The Bertz CT molecular complexity index is 1100. The molecule has 0 bridgehead atoms. The maximum atomic E-state index is 13.9. The fourth-order valence-electron chi connectivity index (χ4n) is 3.04. The summed E-state index contributed by atoms with van der Waals surface area (Å²) < 4.78 is 13.9. The predicted molar refractivity (Wildman–Crippen MR) is 117 cm³/mol. The standard InChI is InChI=1S/C24H23FN4/c1-5-12-27-23(26-4)21-15-18(10-9-16(21)2)14-19-11-13-28-24(29-19)20-7-6-8-22(25)17(20)3/h5-13,15H,4,14H2,1-3H3/b12-5-,27-23?. The predicted octanol–water partition coefficient (Wildman–Crippen LogP) is 5.47. The number of allylic oxidation sites excluding steroid dienone is 1. The molecule has 0 aliphatic heterocycles. The Morgan fingerprint density at radius 2 is 2.00 bits per heavy atom. The first-order chi connectivity index (χ1) is 14.0. The maximum Gasteiger partial charge on any atom is 0.159 e. The molecule has 0 unspecified atom stereocenters. The number of halogens is 1. The van der Waals surface area contributed by atoms with Crippen LogP contribution in [0.1, 0.15) is 34.9 Å². The second kappa shape index (κ2) is 9.15. The minimum absolute atomic E-state index is 0.260. The molecule has 0 saturated heterocycles. The summed E-state index contributed by atoms with van der Waals surface area (Å²) in [7, 11) is 0.